The molecule has 1 aliphatic carbocycles. The minimum atomic E-state index is -0.802. The highest BCUT2D eigenvalue weighted by molar-refractivity contribution is 7.13. The van der Waals surface area contributed by atoms with Crippen LogP contribution in [0.1, 0.15) is 78.2 Å². The first kappa shape index (κ1) is 17.4. The normalized spacial score (nSPS) is 16.3. The number of hydrogen-bond donors (Lipinski definition) is 1. The fourth-order valence-corrected chi connectivity index (χ4v) is 4.09. The quantitative estimate of drug-likeness (QED) is 0.780. The Bertz CT molecular complexity index is 481. The van der Waals surface area contributed by atoms with E-state index in [1.165, 1.54) is 43.4 Å². The largest absolute Gasteiger partial charge is 0.477 e. The fraction of sp³-hybridized carbons (Fsp3) is 0.765. The van der Waals surface area contributed by atoms with Gasteiger partial charge in [-0.2, -0.15) is 0 Å². The number of thiazole rings is 1. The first-order chi connectivity index (χ1) is 10.6. The number of carboxylic acid groups (broad SMARTS) is 1. The van der Waals surface area contributed by atoms with Crippen molar-refractivity contribution in [3.63, 3.8) is 0 Å². The molecule has 1 aromatic rings. The molecule has 1 aromatic heterocycles. The van der Waals surface area contributed by atoms with Crippen LogP contribution in [0.15, 0.2) is 0 Å². The molecule has 0 spiro atoms. The minimum Gasteiger partial charge on any atom is -0.477 e. The fourth-order valence-electron chi connectivity index (χ4n) is 3.12. The molecule has 124 valence electrons. The highest BCUT2D eigenvalue weighted by Gasteiger charge is 2.25. The molecule has 0 atom stereocenters. The third-order valence-electron chi connectivity index (χ3n) is 4.48. The first-order valence-corrected chi connectivity index (χ1v) is 9.35. The molecule has 1 aliphatic rings. The summed E-state index contributed by atoms with van der Waals surface area (Å²) >= 11 is 1.39. The Morgan fingerprint density at radius 3 is 2.68 bits per heavy atom. The van der Waals surface area contributed by atoms with E-state index in [1.807, 2.05) is 0 Å². The molecule has 22 heavy (non-hydrogen) atoms. The highest BCUT2D eigenvalue weighted by atomic mass is 32.1. The number of rotatable bonds is 8. The predicted octanol–water partition coefficient (Wildman–Crippen LogP) is 4.16. The second-order valence-corrected chi connectivity index (χ2v) is 7.45. The second kappa shape index (κ2) is 8.63. The summed E-state index contributed by atoms with van der Waals surface area (Å²) in [6, 6.07) is 0. The number of carbonyl (C=O) groups is 1. The van der Waals surface area contributed by atoms with Gasteiger partial charge in [-0.3, -0.25) is 0 Å². The van der Waals surface area contributed by atoms with Crippen molar-refractivity contribution in [1.82, 2.24) is 9.88 Å². The summed E-state index contributed by atoms with van der Waals surface area (Å²) in [5.41, 5.74) is 0.864. The van der Waals surface area contributed by atoms with Crippen LogP contribution in [-0.2, 0) is 6.42 Å². The molecular weight excluding hydrogens is 296 g/mol. The third kappa shape index (κ3) is 4.78. The third-order valence-corrected chi connectivity index (χ3v) is 5.60. The maximum atomic E-state index is 11.5. The number of aromatic nitrogens is 1. The predicted molar refractivity (Wildman–Crippen MR) is 91.0 cm³/mol. The van der Waals surface area contributed by atoms with E-state index in [0.717, 1.165) is 43.1 Å². The standard InChI is InChI=1S/C17H28N2O2S/c1-3-4-11-19(2)12-10-14-18-15(16(22-14)17(20)21)13-8-6-5-7-9-13/h13H,3-12H2,1-2H3,(H,20,21). The van der Waals surface area contributed by atoms with E-state index >= 15 is 0 Å². The average Bonchev–Trinajstić information content (AvgIpc) is 2.96. The van der Waals surface area contributed by atoms with Gasteiger partial charge in [0.15, 0.2) is 0 Å². The van der Waals surface area contributed by atoms with Gasteiger partial charge in [0.25, 0.3) is 0 Å². The van der Waals surface area contributed by atoms with E-state index in [1.54, 1.807) is 0 Å². The van der Waals surface area contributed by atoms with E-state index in [9.17, 15) is 9.90 Å². The van der Waals surface area contributed by atoms with Gasteiger partial charge in [0, 0.05) is 18.9 Å². The van der Waals surface area contributed by atoms with Crippen LogP contribution in [0.25, 0.3) is 0 Å². The zero-order valence-electron chi connectivity index (χ0n) is 13.8. The molecule has 1 N–H and O–H groups in total. The van der Waals surface area contributed by atoms with Gasteiger partial charge < -0.3 is 10.0 Å². The van der Waals surface area contributed by atoms with Crippen molar-refractivity contribution in [3.8, 4) is 0 Å². The maximum Gasteiger partial charge on any atom is 0.347 e. The minimum absolute atomic E-state index is 0.364. The molecule has 1 fully saturated rings. The van der Waals surface area contributed by atoms with Crippen LogP contribution >= 0.6 is 11.3 Å². The molecule has 0 radical (unpaired) electrons. The summed E-state index contributed by atoms with van der Waals surface area (Å²) in [5, 5.41) is 10.5. The Hall–Kier alpha value is -0.940. The van der Waals surface area contributed by atoms with Crippen molar-refractivity contribution in [3.05, 3.63) is 15.6 Å². The molecular formula is C17H28N2O2S. The van der Waals surface area contributed by atoms with Gasteiger partial charge in [0.1, 0.15) is 4.88 Å². The summed E-state index contributed by atoms with van der Waals surface area (Å²) in [6.45, 7) is 4.25. The van der Waals surface area contributed by atoms with Gasteiger partial charge in [0.2, 0.25) is 0 Å². The number of carboxylic acids is 1. The van der Waals surface area contributed by atoms with Crippen molar-refractivity contribution in [2.24, 2.45) is 0 Å². The Morgan fingerprint density at radius 1 is 1.32 bits per heavy atom. The first-order valence-electron chi connectivity index (χ1n) is 8.53. The van der Waals surface area contributed by atoms with Crippen molar-refractivity contribution in [1.29, 1.82) is 0 Å². The number of unbranched alkanes of at least 4 members (excludes halogenated alkanes) is 1. The summed E-state index contributed by atoms with van der Waals surface area (Å²) in [6.07, 6.45) is 9.15. The van der Waals surface area contributed by atoms with E-state index in [4.69, 9.17) is 4.98 Å². The second-order valence-electron chi connectivity index (χ2n) is 6.37. The summed E-state index contributed by atoms with van der Waals surface area (Å²) in [7, 11) is 2.13. The smallest absolute Gasteiger partial charge is 0.347 e. The van der Waals surface area contributed by atoms with Crippen molar-refractivity contribution in [2.75, 3.05) is 20.1 Å². The monoisotopic (exact) mass is 324 g/mol. The van der Waals surface area contributed by atoms with Crippen LogP contribution in [-0.4, -0.2) is 41.1 Å². The zero-order chi connectivity index (χ0) is 15.9. The van der Waals surface area contributed by atoms with Crippen molar-refractivity contribution in [2.45, 2.75) is 64.2 Å². The molecule has 2 rings (SSSR count). The molecule has 0 aromatic carbocycles. The van der Waals surface area contributed by atoms with Crippen molar-refractivity contribution < 1.29 is 9.90 Å². The number of nitrogens with zero attached hydrogens (tertiary/aromatic N) is 2. The molecule has 0 saturated heterocycles. The lowest BCUT2D eigenvalue weighted by Gasteiger charge is -2.20. The van der Waals surface area contributed by atoms with E-state index in [2.05, 4.69) is 18.9 Å². The lowest BCUT2D eigenvalue weighted by molar-refractivity contribution is 0.0700. The SMILES string of the molecule is CCCCN(C)CCc1nc(C2CCCCC2)c(C(=O)O)s1. The van der Waals surface area contributed by atoms with Crippen LogP contribution in [0.2, 0.25) is 0 Å². The zero-order valence-corrected chi connectivity index (χ0v) is 14.6. The Balaban J connectivity index is 2.01. The lowest BCUT2D eigenvalue weighted by atomic mass is 9.86. The average molecular weight is 324 g/mol. The number of likely N-dealkylation sites (N-methyl/N-ethyl adjacent to an activating group) is 1. The Kier molecular flexibility index (Phi) is 6.83. The van der Waals surface area contributed by atoms with Crippen molar-refractivity contribution >= 4 is 17.3 Å². The van der Waals surface area contributed by atoms with Gasteiger partial charge >= 0.3 is 5.97 Å². The summed E-state index contributed by atoms with van der Waals surface area (Å²) in [5.74, 6) is -0.439. The molecule has 0 amide bonds. The maximum absolute atomic E-state index is 11.5. The van der Waals surface area contributed by atoms with Crippen LogP contribution in [0.5, 0.6) is 0 Å². The van der Waals surface area contributed by atoms with Gasteiger partial charge in [0.05, 0.1) is 10.7 Å². The molecule has 0 aliphatic heterocycles. The van der Waals surface area contributed by atoms with Crippen LogP contribution in [0.3, 0.4) is 0 Å². The lowest BCUT2D eigenvalue weighted by Crippen LogP contribution is -2.22. The molecule has 1 heterocycles. The number of aromatic carboxylic acids is 1. The molecule has 1 saturated carbocycles. The molecule has 4 nitrogen and oxygen atoms in total. The van der Waals surface area contributed by atoms with Crippen LogP contribution in [0, 0.1) is 0 Å². The van der Waals surface area contributed by atoms with E-state index in [0.29, 0.717) is 10.8 Å². The van der Waals surface area contributed by atoms with Gasteiger partial charge in [-0.05, 0) is 32.9 Å². The topological polar surface area (TPSA) is 53.4 Å². The van der Waals surface area contributed by atoms with E-state index in [-0.39, 0.29) is 0 Å². The van der Waals surface area contributed by atoms with Crippen LogP contribution in [0.4, 0.5) is 0 Å². The molecule has 0 bridgehead atoms. The molecule has 0 unspecified atom stereocenters. The molecule has 5 heteroatoms. The summed E-state index contributed by atoms with van der Waals surface area (Å²) in [4.78, 5) is 19.0. The summed E-state index contributed by atoms with van der Waals surface area (Å²) < 4.78 is 0. The number of hydrogen-bond acceptors (Lipinski definition) is 4. The van der Waals surface area contributed by atoms with Gasteiger partial charge in [-0.25, -0.2) is 9.78 Å². The van der Waals surface area contributed by atoms with Gasteiger partial charge in [-0.1, -0.05) is 32.6 Å². The van der Waals surface area contributed by atoms with Gasteiger partial charge in [-0.15, -0.1) is 11.3 Å². The Morgan fingerprint density at radius 2 is 2.05 bits per heavy atom. The van der Waals surface area contributed by atoms with E-state index < -0.39 is 5.97 Å². The van der Waals surface area contributed by atoms with Crippen LogP contribution < -0.4 is 0 Å². The Labute approximate surface area is 137 Å². The highest BCUT2D eigenvalue weighted by Crippen LogP contribution is 2.36.